The number of benzene rings is 1. The summed E-state index contributed by atoms with van der Waals surface area (Å²) in [6, 6.07) is 9.47. The van der Waals surface area contributed by atoms with Gasteiger partial charge in [-0.2, -0.15) is 5.10 Å². The van der Waals surface area contributed by atoms with E-state index in [4.69, 9.17) is 4.74 Å². The van der Waals surface area contributed by atoms with Gasteiger partial charge in [-0.3, -0.25) is 9.69 Å². The number of hydrogen-bond acceptors (Lipinski definition) is 4. The van der Waals surface area contributed by atoms with Crippen LogP contribution in [0.4, 0.5) is 4.79 Å². The van der Waals surface area contributed by atoms with Crippen LogP contribution < -0.4 is 0 Å². The van der Waals surface area contributed by atoms with E-state index >= 15 is 0 Å². The van der Waals surface area contributed by atoms with Crippen molar-refractivity contribution in [2.45, 2.75) is 65.6 Å². The first-order valence-corrected chi connectivity index (χ1v) is 10.4. The molecule has 1 aliphatic heterocycles. The van der Waals surface area contributed by atoms with Crippen LogP contribution >= 0.6 is 0 Å². The van der Waals surface area contributed by atoms with Crippen molar-refractivity contribution in [3.8, 4) is 5.69 Å². The normalized spacial score (nSPS) is 16.6. The van der Waals surface area contributed by atoms with Gasteiger partial charge in [0.1, 0.15) is 11.6 Å². The average Bonchev–Trinajstić information content (AvgIpc) is 3.27. The topological polar surface area (TPSA) is 67.7 Å². The van der Waals surface area contributed by atoms with E-state index in [0.717, 1.165) is 29.1 Å². The third-order valence-electron chi connectivity index (χ3n) is 5.38. The number of rotatable bonds is 4. The third kappa shape index (κ3) is 4.66. The fourth-order valence-corrected chi connectivity index (χ4v) is 3.86. The summed E-state index contributed by atoms with van der Waals surface area (Å²) in [6.45, 7) is 10.5. The van der Waals surface area contributed by atoms with Gasteiger partial charge in [0.05, 0.1) is 11.4 Å². The monoisotopic (exact) mass is 412 g/mol. The lowest BCUT2D eigenvalue weighted by Crippen LogP contribution is -2.47. The number of aromatic nitrogens is 2. The zero-order chi connectivity index (χ0) is 22.1. The van der Waals surface area contributed by atoms with Gasteiger partial charge >= 0.3 is 6.09 Å². The van der Waals surface area contributed by atoms with E-state index in [1.54, 1.807) is 16.8 Å². The Morgan fingerprint density at radius 1 is 1.20 bits per heavy atom. The van der Waals surface area contributed by atoms with Crippen LogP contribution in [0.15, 0.2) is 30.3 Å². The molecule has 162 valence electrons. The molecule has 3 rings (SSSR count). The predicted molar refractivity (Wildman–Crippen MR) is 115 cm³/mol. The van der Waals surface area contributed by atoms with Crippen LogP contribution in [-0.4, -0.2) is 56.8 Å². The van der Waals surface area contributed by atoms with Gasteiger partial charge < -0.3 is 9.64 Å². The maximum atomic E-state index is 13.2. The lowest BCUT2D eigenvalue weighted by atomic mass is 10.1. The van der Waals surface area contributed by atoms with E-state index < -0.39 is 17.7 Å². The highest BCUT2D eigenvalue weighted by molar-refractivity contribution is 5.86. The Hall–Kier alpha value is -2.83. The van der Waals surface area contributed by atoms with Crippen LogP contribution in [0.5, 0.6) is 0 Å². The van der Waals surface area contributed by atoms with Gasteiger partial charge in [0.2, 0.25) is 5.91 Å². The van der Waals surface area contributed by atoms with Gasteiger partial charge in [-0.05, 0) is 59.6 Å². The molecule has 1 saturated heterocycles. The number of amides is 2. The predicted octanol–water partition coefficient (Wildman–Crippen LogP) is 3.85. The molecule has 1 aromatic heterocycles. The number of likely N-dealkylation sites (tertiary alicyclic amines) is 1. The molecule has 0 saturated carbocycles. The highest BCUT2D eigenvalue weighted by atomic mass is 16.6. The Bertz CT molecular complexity index is 915. The smallest absolute Gasteiger partial charge is 0.410 e. The Kier molecular flexibility index (Phi) is 6.19. The summed E-state index contributed by atoms with van der Waals surface area (Å²) in [7, 11) is 1.78. The van der Waals surface area contributed by atoms with Crippen LogP contribution in [0.25, 0.3) is 5.69 Å². The summed E-state index contributed by atoms with van der Waals surface area (Å²) >= 11 is 0. The van der Waals surface area contributed by atoms with Gasteiger partial charge in [0, 0.05) is 31.4 Å². The fraction of sp³-hybridized carbons (Fsp3) is 0.522. The van der Waals surface area contributed by atoms with Crippen molar-refractivity contribution >= 4 is 12.0 Å². The minimum Gasteiger partial charge on any atom is -0.444 e. The van der Waals surface area contributed by atoms with Crippen molar-refractivity contribution in [2.24, 2.45) is 0 Å². The molecule has 1 unspecified atom stereocenters. The molecule has 0 radical (unpaired) electrons. The number of para-hydroxylation sites is 1. The quantitative estimate of drug-likeness (QED) is 0.765. The second kappa shape index (κ2) is 8.50. The highest BCUT2D eigenvalue weighted by Gasteiger charge is 2.38. The molecule has 0 N–H and O–H groups in total. The molecule has 2 amide bonds. The van der Waals surface area contributed by atoms with E-state index in [-0.39, 0.29) is 5.91 Å². The molecule has 2 aromatic rings. The number of hydrogen-bond donors (Lipinski definition) is 0. The molecule has 7 nitrogen and oxygen atoms in total. The van der Waals surface area contributed by atoms with Crippen LogP contribution in [0.2, 0.25) is 0 Å². The summed E-state index contributed by atoms with van der Waals surface area (Å²) in [5, 5.41) is 4.67. The van der Waals surface area contributed by atoms with Crippen molar-refractivity contribution in [2.75, 3.05) is 13.6 Å². The molecule has 1 atom stereocenters. The average molecular weight is 413 g/mol. The van der Waals surface area contributed by atoms with Crippen molar-refractivity contribution in [3.05, 3.63) is 47.3 Å². The van der Waals surface area contributed by atoms with E-state index in [9.17, 15) is 9.59 Å². The lowest BCUT2D eigenvalue weighted by Gasteiger charge is -2.30. The first kappa shape index (κ1) is 21.9. The number of aryl methyl sites for hydroxylation is 1. The first-order valence-electron chi connectivity index (χ1n) is 10.4. The number of nitrogens with zero attached hydrogens (tertiary/aromatic N) is 4. The van der Waals surface area contributed by atoms with Gasteiger partial charge in [-0.25, -0.2) is 9.48 Å². The number of ether oxygens (including phenoxy) is 1. The molecule has 7 heteroatoms. The summed E-state index contributed by atoms with van der Waals surface area (Å²) in [5.74, 6) is -0.0652. The molecule has 0 spiro atoms. The van der Waals surface area contributed by atoms with Crippen LogP contribution in [0.3, 0.4) is 0 Å². The van der Waals surface area contributed by atoms with E-state index in [1.165, 1.54) is 0 Å². The Morgan fingerprint density at radius 2 is 1.87 bits per heavy atom. The van der Waals surface area contributed by atoms with Crippen molar-refractivity contribution < 1.29 is 14.3 Å². The molecule has 1 aromatic carbocycles. The fourth-order valence-electron chi connectivity index (χ4n) is 3.86. The maximum absolute atomic E-state index is 13.2. The standard InChI is InChI=1S/C23H32N4O3/c1-16-19(17(2)27(24-16)18-11-8-7-9-12-18)15-25(6)21(28)20-13-10-14-26(20)22(29)30-23(3,4)5/h7-9,11-12,20H,10,13-15H2,1-6H3. The zero-order valence-electron chi connectivity index (χ0n) is 18.8. The molecule has 0 aliphatic carbocycles. The number of carbonyl (C=O) groups excluding carboxylic acids is 2. The second-order valence-electron chi connectivity index (χ2n) is 8.92. The Balaban J connectivity index is 1.74. The van der Waals surface area contributed by atoms with Gasteiger partial charge in [0.25, 0.3) is 0 Å². The van der Waals surface area contributed by atoms with E-state index in [0.29, 0.717) is 19.5 Å². The number of likely N-dealkylation sites (N-methyl/N-ethyl adjacent to an activating group) is 1. The minimum atomic E-state index is -0.584. The van der Waals surface area contributed by atoms with Crippen molar-refractivity contribution in [1.82, 2.24) is 19.6 Å². The van der Waals surface area contributed by atoms with Gasteiger partial charge in [-0.1, -0.05) is 18.2 Å². The Morgan fingerprint density at radius 3 is 2.50 bits per heavy atom. The Labute approximate surface area is 178 Å². The molecule has 1 aliphatic rings. The van der Waals surface area contributed by atoms with Gasteiger partial charge in [-0.15, -0.1) is 0 Å². The van der Waals surface area contributed by atoms with Gasteiger partial charge in [0.15, 0.2) is 0 Å². The lowest BCUT2D eigenvalue weighted by molar-refractivity contribution is -0.135. The summed E-state index contributed by atoms with van der Waals surface area (Å²) in [4.78, 5) is 29.0. The second-order valence-corrected chi connectivity index (χ2v) is 8.92. The minimum absolute atomic E-state index is 0.0652. The first-order chi connectivity index (χ1) is 14.1. The molecule has 30 heavy (non-hydrogen) atoms. The SMILES string of the molecule is Cc1nn(-c2ccccc2)c(C)c1CN(C)C(=O)C1CCCN1C(=O)OC(C)(C)C. The van der Waals surface area contributed by atoms with Crippen LogP contribution in [0, 0.1) is 13.8 Å². The molecule has 2 heterocycles. The third-order valence-corrected chi connectivity index (χ3v) is 5.38. The zero-order valence-corrected chi connectivity index (χ0v) is 18.8. The number of carbonyl (C=O) groups is 2. The molecule has 1 fully saturated rings. The summed E-state index contributed by atoms with van der Waals surface area (Å²) in [6.07, 6.45) is 1.04. The molecular formula is C23H32N4O3. The highest BCUT2D eigenvalue weighted by Crippen LogP contribution is 2.24. The van der Waals surface area contributed by atoms with Crippen molar-refractivity contribution in [1.29, 1.82) is 0 Å². The largest absolute Gasteiger partial charge is 0.444 e. The summed E-state index contributed by atoms with van der Waals surface area (Å²) < 4.78 is 7.40. The summed E-state index contributed by atoms with van der Waals surface area (Å²) in [5.41, 5.74) is 3.33. The molecular weight excluding hydrogens is 380 g/mol. The van der Waals surface area contributed by atoms with Crippen molar-refractivity contribution in [3.63, 3.8) is 0 Å². The van der Waals surface area contributed by atoms with E-state index in [2.05, 4.69) is 5.10 Å². The van der Waals surface area contributed by atoms with Crippen LogP contribution in [0.1, 0.15) is 50.6 Å². The maximum Gasteiger partial charge on any atom is 0.410 e. The molecule has 0 bridgehead atoms. The van der Waals surface area contributed by atoms with E-state index in [1.807, 2.05) is 69.6 Å². The van der Waals surface area contributed by atoms with Crippen LogP contribution in [-0.2, 0) is 16.1 Å².